The highest BCUT2D eigenvalue weighted by molar-refractivity contribution is 6.21. The number of aromatic nitrogens is 1. The van der Waals surface area contributed by atoms with Crippen LogP contribution >= 0.6 is 0 Å². The van der Waals surface area contributed by atoms with E-state index in [9.17, 15) is 0 Å². The van der Waals surface area contributed by atoms with Gasteiger partial charge < -0.3 is 4.57 Å². The third-order valence-electron chi connectivity index (χ3n) is 10.4. The Morgan fingerprint density at radius 1 is 0.623 bits per heavy atom. The SMILES string of the molecule is C/C(=N\C(=N/C(C)c1ccc2ccccc2c1-c1ccc(-n2c3ccccc3c3c4ccccc4ccc32)cc1)c1ccccc1)C1=CC=CCC=C1. The molecule has 1 aromatic heterocycles. The van der Waals surface area contributed by atoms with Gasteiger partial charge in [0.05, 0.1) is 17.1 Å². The zero-order valence-electron chi connectivity index (χ0n) is 29.9. The lowest BCUT2D eigenvalue weighted by atomic mass is 9.90. The number of benzene rings is 7. The first-order chi connectivity index (χ1) is 26.1. The molecule has 0 radical (unpaired) electrons. The molecule has 53 heavy (non-hydrogen) atoms. The summed E-state index contributed by atoms with van der Waals surface area (Å²) in [6.45, 7) is 4.26. The van der Waals surface area contributed by atoms with Crippen LogP contribution in [-0.4, -0.2) is 16.1 Å². The molecule has 3 heteroatoms. The van der Waals surface area contributed by atoms with Crippen molar-refractivity contribution in [1.82, 2.24) is 4.57 Å². The molecule has 7 aromatic carbocycles. The van der Waals surface area contributed by atoms with Crippen LogP contribution in [0.25, 0.3) is 60.2 Å². The number of hydrogen-bond donors (Lipinski definition) is 0. The topological polar surface area (TPSA) is 29.6 Å². The Kier molecular flexibility index (Phi) is 8.45. The zero-order valence-corrected chi connectivity index (χ0v) is 29.9. The Morgan fingerprint density at radius 2 is 1.30 bits per heavy atom. The molecular weight excluding hydrogens is 643 g/mol. The molecule has 254 valence electrons. The summed E-state index contributed by atoms with van der Waals surface area (Å²) >= 11 is 0. The largest absolute Gasteiger partial charge is 0.309 e. The highest BCUT2D eigenvalue weighted by Gasteiger charge is 2.18. The Hall–Kier alpha value is -6.58. The second-order valence-corrected chi connectivity index (χ2v) is 13.7. The predicted octanol–water partition coefficient (Wildman–Crippen LogP) is 13.2. The lowest BCUT2D eigenvalue weighted by Gasteiger charge is -2.18. The first-order valence-electron chi connectivity index (χ1n) is 18.4. The molecule has 1 heterocycles. The lowest BCUT2D eigenvalue weighted by molar-refractivity contribution is 0.822. The van der Waals surface area contributed by atoms with Gasteiger partial charge in [0.1, 0.15) is 0 Å². The van der Waals surface area contributed by atoms with E-state index in [0.29, 0.717) is 0 Å². The summed E-state index contributed by atoms with van der Waals surface area (Å²) in [5, 5.41) is 7.51. The normalized spacial score (nSPS) is 14.3. The second-order valence-electron chi connectivity index (χ2n) is 13.7. The first kappa shape index (κ1) is 32.3. The molecule has 0 saturated carbocycles. The molecule has 9 rings (SSSR count). The van der Waals surface area contributed by atoms with Crippen molar-refractivity contribution in [3.8, 4) is 16.8 Å². The smallest absolute Gasteiger partial charge is 0.155 e. The third kappa shape index (κ3) is 6.00. The van der Waals surface area contributed by atoms with Gasteiger partial charge in [0.25, 0.3) is 0 Å². The third-order valence-corrected chi connectivity index (χ3v) is 10.4. The predicted molar refractivity (Wildman–Crippen MR) is 227 cm³/mol. The van der Waals surface area contributed by atoms with Crippen LogP contribution in [-0.2, 0) is 0 Å². The number of rotatable bonds is 6. The minimum Gasteiger partial charge on any atom is -0.309 e. The van der Waals surface area contributed by atoms with Crippen molar-refractivity contribution in [3.05, 3.63) is 199 Å². The summed E-state index contributed by atoms with van der Waals surface area (Å²) in [5.74, 6) is 0.728. The molecule has 1 atom stereocenters. The highest BCUT2D eigenvalue weighted by Crippen LogP contribution is 2.40. The van der Waals surface area contributed by atoms with Crippen LogP contribution in [0.1, 0.15) is 37.4 Å². The van der Waals surface area contributed by atoms with E-state index in [4.69, 9.17) is 9.98 Å². The number of allylic oxidation sites excluding steroid dienone is 6. The molecule has 8 aromatic rings. The molecule has 0 fully saturated rings. The highest BCUT2D eigenvalue weighted by atomic mass is 15.0. The van der Waals surface area contributed by atoms with E-state index >= 15 is 0 Å². The van der Waals surface area contributed by atoms with E-state index in [-0.39, 0.29) is 6.04 Å². The zero-order chi connectivity index (χ0) is 35.7. The second kappa shape index (κ2) is 13.9. The molecule has 0 aliphatic heterocycles. The van der Waals surface area contributed by atoms with Crippen LogP contribution < -0.4 is 0 Å². The molecule has 0 amide bonds. The van der Waals surface area contributed by atoms with Gasteiger partial charge in [-0.1, -0.05) is 158 Å². The average molecular weight is 682 g/mol. The standard InChI is InChI=1S/C50H39N3/c1-34(36-16-6-3-4-7-17-36)51-50(40-20-8-5-9-21-40)52-35(2)42-32-28-37-18-10-12-22-43(37)48(42)39-26-30-41(31-27-39)53-46-25-15-14-24-45(46)49-44-23-13-11-19-38(44)29-33-47(49)53/h3,5-33,35H,4H2,1-2H3/b51-34+,52-50-. The Morgan fingerprint density at radius 3 is 2.11 bits per heavy atom. The Balaban J connectivity index is 1.18. The van der Waals surface area contributed by atoms with E-state index in [1.165, 1.54) is 48.9 Å². The van der Waals surface area contributed by atoms with Crippen molar-refractivity contribution in [3.63, 3.8) is 0 Å². The minimum absolute atomic E-state index is 0.162. The summed E-state index contributed by atoms with van der Waals surface area (Å²) in [6, 6.07) is 54.3. The average Bonchev–Trinajstić information content (AvgIpc) is 3.32. The first-order valence-corrected chi connectivity index (χ1v) is 18.4. The molecule has 1 aliphatic carbocycles. The maximum absolute atomic E-state index is 5.38. The van der Waals surface area contributed by atoms with Crippen molar-refractivity contribution in [2.24, 2.45) is 9.98 Å². The van der Waals surface area contributed by atoms with E-state index in [2.05, 4.69) is 194 Å². The molecule has 0 bridgehead atoms. The van der Waals surface area contributed by atoms with Crippen LogP contribution in [0.4, 0.5) is 0 Å². The van der Waals surface area contributed by atoms with Gasteiger partial charge in [-0.3, -0.25) is 4.99 Å². The monoisotopic (exact) mass is 681 g/mol. The van der Waals surface area contributed by atoms with Crippen LogP contribution in [0.2, 0.25) is 0 Å². The maximum Gasteiger partial charge on any atom is 0.155 e. The molecule has 0 N–H and O–H groups in total. The van der Waals surface area contributed by atoms with Gasteiger partial charge in [0, 0.05) is 27.7 Å². The quantitative estimate of drug-likeness (QED) is 0.124. The Labute approximate surface area is 310 Å². The van der Waals surface area contributed by atoms with Crippen molar-refractivity contribution in [1.29, 1.82) is 0 Å². The number of nitrogens with zero attached hydrogens (tertiary/aromatic N) is 3. The fraction of sp³-hybridized carbons (Fsp3) is 0.0800. The van der Waals surface area contributed by atoms with E-state index < -0.39 is 0 Å². The van der Waals surface area contributed by atoms with E-state index in [0.717, 1.165) is 45.9 Å². The summed E-state index contributed by atoms with van der Waals surface area (Å²) in [6.07, 6.45) is 11.6. The molecule has 3 nitrogen and oxygen atoms in total. The summed E-state index contributed by atoms with van der Waals surface area (Å²) in [4.78, 5) is 10.5. The van der Waals surface area contributed by atoms with Gasteiger partial charge in [0.2, 0.25) is 0 Å². The van der Waals surface area contributed by atoms with Gasteiger partial charge in [-0.25, -0.2) is 4.99 Å². The van der Waals surface area contributed by atoms with Crippen LogP contribution in [0.5, 0.6) is 0 Å². The van der Waals surface area contributed by atoms with Gasteiger partial charge in [-0.15, -0.1) is 0 Å². The summed E-state index contributed by atoms with van der Waals surface area (Å²) in [7, 11) is 0. The van der Waals surface area contributed by atoms with Gasteiger partial charge in [-0.05, 0) is 88.3 Å². The fourth-order valence-electron chi connectivity index (χ4n) is 7.81. The van der Waals surface area contributed by atoms with Crippen LogP contribution in [0.3, 0.4) is 0 Å². The number of fused-ring (bicyclic) bond motifs is 6. The Bertz CT molecular complexity index is 2810. The molecule has 0 spiro atoms. The minimum atomic E-state index is -0.162. The number of para-hydroxylation sites is 1. The fourth-order valence-corrected chi connectivity index (χ4v) is 7.81. The van der Waals surface area contributed by atoms with Crippen molar-refractivity contribution in [2.75, 3.05) is 0 Å². The number of hydrogen-bond acceptors (Lipinski definition) is 1. The van der Waals surface area contributed by atoms with Gasteiger partial charge in [0.15, 0.2) is 5.84 Å². The lowest BCUT2D eigenvalue weighted by Crippen LogP contribution is -2.06. The van der Waals surface area contributed by atoms with Crippen molar-refractivity contribution >= 4 is 54.9 Å². The molecular formula is C50H39N3. The molecule has 1 aliphatic rings. The van der Waals surface area contributed by atoms with Gasteiger partial charge in [-0.2, -0.15) is 0 Å². The number of amidine groups is 1. The van der Waals surface area contributed by atoms with Gasteiger partial charge >= 0.3 is 0 Å². The van der Waals surface area contributed by atoms with Crippen molar-refractivity contribution in [2.45, 2.75) is 26.3 Å². The number of aliphatic imine (C=N–C) groups is 2. The summed E-state index contributed by atoms with van der Waals surface area (Å²) in [5.41, 5.74) is 10.1. The molecule has 1 unspecified atom stereocenters. The van der Waals surface area contributed by atoms with Crippen LogP contribution in [0.15, 0.2) is 198 Å². The summed E-state index contributed by atoms with van der Waals surface area (Å²) < 4.78 is 2.40. The maximum atomic E-state index is 5.38. The molecule has 0 saturated heterocycles. The van der Waals surface area contributed by atoms with Crippen LogP contribution in [0, 0.1) is 0 Å². The van der Waals surface area contributed by atoms with Crippen molar-refractivity contribution < 1.29 is 0 Å². The van der Waals surface area contributed by atoms with E-state index in [1.807, 2.05) is 6.07 Å². The van der Waals surface area contributed by atoms with E-state index in [1.54, 1.807) is 0 Å².